The number of aliphatic carboxylic acids is 1. The Balaban J connectivity index is 1.52. The molecule has 0 saturated carbocycles. The largest absolute Gasteiger partial charge is 0.481 e. The van der Waals surface area contributed by atoms with E-state index in [1.54, 1.807) is 12.4 Å². The molecule has 3 rings (SSSR count). The van der Waals surface area contributed by atoms with E-state index < -0.39 is 5.97 Å². The van der Waals surface area contributed by atoms with Crippen molar-refractivity contribution in [2.75, 3.05) is 11.9 Å². The van der Waals surface area contributed by atoms with Crippen LogP contribution in [-0.2, 0) is 23.1 Å². The predicted octanol–water partition coefficient (Wildman–Crippen LogP) is 5.59. The molecular formula is C26H38N4O2. The molecule has 32 heavy (non-hydrogen) atoms. The lowest BCUT2D eigenvalue weighted by Crippen LogP contribution is -2.20. The third-order valence-electron chi connectivity index (χ3n) is 6.31. The number of aromatic nitrogens is 3. The summed E-state index contributed by atoms with van der Waals surface area (Å²) in [5, 5.41) is 12.8. The first kappa shape index (κ1) is 24.1. The summed E-state index contributed by atoms with van der Waals surface area (Å²) in [6, 6.07) is 2.38. The standard InChI is InChI=1S/C26H38N4O2/c1-18-28-16-21(17-29-18)19(15-24(31)32)10-7-5-6-8-12-23-22(26(2,3)4)14-20-11-9-13-27-25(20)30-23/h14,16-17,19H,5-13,15H2,1-4H3,(H,27,30)(H,31,32)/t19-/m0/s1. The highest BCUT2D eigenvalue weighted by atomic mass is 16.4. The first-order valence-electron chi connectivity index (χ1n) is 12.0. The number of carboxylic acid groups (broad SMARTS) is 1. The highest BCUT2D eigenvalue weighted by Crippen LogP contribution is 2.32. The molecule has 0 unspecified atom stereocenters. The Hall–Kier alpha value is -2.50. The Bertz CT molecular complexity index is 903. The molecule has 0 aromatic carbocycles. The van der Waals surface area contributed by atoms with Gasteiger partial charge in [0.2, 0.25) is 0 Å². The molecule has 6 nitrogen and oxygen atoms in total. The van der Waals surface area contributed by atoms with Crippen molar-refractivity contribution in [1.29, 1.82) is 0 Å². The number of aryl methyl sites for hydroxylation is 3. The second-order valence-electron chi connectivity index (χ2n) is 10.1. The van der Waals surface area contributed by atoms with Crippen molar-refractivity contribution in [1.82, 2.24) is 15.0 Å². The van der Waals surface area contributed by atoms with Crippen LogP contribution in [0, 0.1) is 6.92 Å². The van der Waals surface area contributed by atoms with Gasteiger partial charge in [-0.3, -0.25) is 4.79 Å². The van der Waals surface area contributed by atoms with Crippen LogP contribution in [0.15, 0.2) is 18.5 Å². The van der Waals surface area contributed by atoms with Crippen molar-refractivity contribution in [2.24, 2.45) is 0 Å². The van der Waals surface area contributed by atoms with Gasteiger partial charge < -0.3 is 10.4 Å². The molecule has 0 radical (unpaired) electrons. The Labute approximate surface area is 192 Å². The average molecular weight is 439 g/mol. The second kappa shape index (κ2) is 10.9. The van der Waals surface area contributed by atoms with Gasteiger partial charge in [0.25, 0.3) is 0 Å². The monoisotopic (exact) mass is 438 g/mol. The highest BCUT2D eigenvalue weighted by Gasteiger charge is 2.22. The normalized spacial score (nSPS) is 14.5. The van der Waals surface area contributed by atoms with Crippen LogP contribution in [0.5, 0.6) is 0 Å². The van der Waals surface area contributed by atoms with Crippen molar-refractivity contribution in [3.05, 3.63) is 46.7 Å². The number of carboxylic acids is 1. The molecule has 0 saturated heterocycles. The zero-order valence-electron chi connectivity index (χ0n) is 20.1. The number of rotatable bonds is 10. The summed E-state index contributed by atoms with van der Waals surface area (Å²) in [5.41, 5.74) is 4.98. The number of fused-ring (bicyclic) bond motifs is 1. The van der Waals surface area contributed by atoms with Crippen LogP contribution in [0.4, 0.5) is 5.82 Å². The number of hydrogen-bond acceptors (Lipinski definition) is 5. The first-order chi connectivity index (χ1) is 15.2. The van der Waals surface area contributed by atoms with E-state index >= 15 is 0 Å². The van der Waals surface area contributed by atoms with Gasteiger partial charge in [0.05, 0.1) is 6.42 Å². The minimum absolute atomic E-state index is 0.0195. The van der Waals surface area contributed by atoms with Gasteiger partial charge in [-0.15, -0.1) is 0 Å². The van der Waals surface area contributed by atoms with Crippen LogP contribution < -0.4 is 5.32 Å². The van der Waals surface area contributed by atoms with Gasteiger partial charge in [-0.25, -0.2) is 15.0 Å². The molecule has 6 heteroatoms. The van der Waals surface area contributed by atoms with E-state index in [1.807, 2.05) is 6.92 Å². The lowest BCUT2D eigenvalue weighted by Gasteiger charge is -2.26. The van der Waals surface area contributed by atoms with E-state index in [-0.39, 0.29) is 17.8 Å². The topological polar surface area (TPSA) is 88.0 Å². The van der Waals surface area contributed by atoms with Crippen LogP contribution in [0.25, 0.3) is 0 Å². The number of nitrogens with one attached hydrogen (secondary N) is 1. The molecular weight excluding hydrogens is 400 g/mol. The fourth-order valence-electron chi connectivity index (χ4n) is 4.51. The van der Waals surface area contributed by atoms with E-state index in [2.05, 4.69) is 42.1 Å². The molecule has 1 atom stereocenters. The lowest BCUT2D eigenvalue weighted by molar-refractivity contribution is -0.137. The zero-order chi connectivity index (χ0) is 23.1. The molecule has 174 valence electrons. The zero-order valence-corrected chi connectivity index (χ0v) is 20.1. The molecule has 0 aliphatic carbocycles. The van der Waals surface area contributed by atoms with E-state index in [0.717, 1.165) is 62.9 Å². The summed E-state index contributed by atoms with van der Waals surface area (Å²) in [6.45, 7) is 9.67. The molecule has 2 N–H and O–H groups in total. The molecule has 1 aliphatic rings. The molecule has 2 aromatic heterocycles. The Morgan fingerprint density at radius 2 is 1.88 bits per heavy atom. The van der Waals surface area contributed by atoms with E-state index in [1.165, 1.54) is 23.2 Å². The Morgan fingerprint density at radius 3 is 2.56 bits per heavy atom. The number of unbranched alkanes of at least 4 members (excludes halogenated alkanes) is 3. The van der Waals surface area contributed by atoms with Crippen molar-refractivity contribution in [3.8, 4) is 0 Å². The van der Waals surface area contributed by atoms with Gasteiger partial charge in [-0.05, 0) is 73.1 Å². The van der Waals surface area contributed by atoms with Crippen LogP contribution in [-0.4, -0.2) is 32.6 Å². The molecule has 1 aliphatic heterocycles. The van der Waals surface area contributed by atoms with E-state index in [9.17, 15) is 9.90 Å². The summed E-state index contributed by atoms with van der Waals surface area (Å²) in [7, 11) is 0. The number of anilines is 1. The molecule has 0 amide bonds. The lowest BCUT2D eigenvalue weighted by atomic mass is 9.83. The van der Waals surface area contributed by atoms with Crippen LogP contribution >= 0.6 is 0 Å². The summed E-state index contributed by atoms with van der Waals surface area (Å²) in [6.07, 6.45) is 12.2. The van der Waals surface area contributed by atoms with Crippen LogP contribution in [0.3, 0.4) is 0 Å². The van der Waals surface area contributed by atoms with Crippen molar-refractivity contribution in [3.63, 3.8) is 0 Å². The minimum Gasteiger partial charge on any atom is -0.481 e. The highest BCUT2D eigenvalue weighted by molar-refractivity contribution is 5.68. The van der Waals surface area contributed by atoms with Gasteiger partial charge in [0.1, 0.15) is 11.6 Å². The molecule has 3 heterocycles. The van der Waals surface area contributed by atoms with E-state index in [4.69, 9.17) is 4.98 Å². The molecule has 2 aromatic rings. The quantitative estimate of drug-likeness (QED) is 0.470. The fraction of sp³-hybridized carbons (Fsp3) is 0.615. The maximum Gasteiger partial charge on any atom is 0.303 e. The molecule has 0 spiro atoms. The fourth-order valence-corrected chi connectivity index (χ4v) is 4.51. The second-order valence-corrected chi connectivity index (χ2v) is 10.1. The number of nitrogens with zero attached hydrogens (tertiary/aromatic N) is 3. The van der Waals surface area contributed by atoms with Gasteiger partial charge in [0, 0.05) is 24.6 Å². The first-order valence-corrected chi connectivity index (χ1v) is 12.0. The molecule has 0 fully saturated rings. The van der Waals surface area contributed by atoms with Crippen molar-refractivity contribution in [2.45, 2.75) is 96.8 Å². The van der Waals surface area contributed by atoms with Crippen molar-refractivity contribution < 1.29 is 9.90 Å². The maximum atomic E-state index is 11.3. The summed E-state index contributed by atoms with van der Waals surface area (Å²) < 4.78 is 0. The minimum atomic E-state index is -0.766. The number of hydrogen-bond donors (Lipinski definition) is 2. The summed E-state index contributed by atoms with van der Waals surface area (Å²) >= 11 is 0. The molecule has 0 bridgehead atoms. The van der Waals surface area contributed by atoms with Crippen molar-refractivity contribution >= 4 is 11.8 Å². The SMILES string of the molecule is Cc1ncc([C@@H](CCCCCCc2nc3c(cc2C(C)(C)C)CCCN3)CC(=O)O)cn1. The van der Waals surface area contributed by atoms with E-state index in [0.29, 0.717) is 5.82 Å². The predicted molar refractivity (Wildman–Crippen MR) is 128 cm³/mol. The third-order valence-corrected chi connectivity index (χ3v) is 6.31. The maximum absolute atomic E-state index is 11.3. The summed E-state index contributed by atoms with van der Waals surface area (Å²) in [4.78, 5) is 24.8. The van der Waals surface area contributed by atoms with Crippen LogP contribution in [0.2, 0.25) is 0 Å². The van der Waals surface area contributed by atoms with Gasteiger partial charge in [-0.1, -0.05) is 40.0 Å². The Kier molecular flexibility index (Phi) is 8.21. The van der Waals surface area contributed by atoms with Gasteiger partial charge in [0.15, 0.2) is 0 Å². The smallest absolute Gasteiger partial charge is 0.303 e. The average Bonchev–Trinajstić information content (AvgIpc) is 2.74. The summed E-state index contributed by atoms with van der Waals surface area (Å²) in [5.74, 6) is 1.01. The van der Waals surface area contributed by atoms with Gasteiger partial charge in [-0.2, -0.15) is 0 Å². The van der Waals surface area contributed by atoms with Crippen LogP contribution in [0.1, 0.15) is 99.8 Å². The van der Waals surface area contributed by atoms with Gasteiger partial charge >= 0.3 is 5.97 Å². The third kappa shape index (κ3) is 6.75. The number of pyridine rings is 1. The Morgan fingerprint density at radius 1 is 1.16 bits per heavy atom. The number of carbonyl (C=O) groups is 1.